The molecule has 9 heteroatoms. The fraction of sp³-hybridized carbons (Fsp3) is 0.800. The predicted molar refractivity (Wildman–Crippen MR) is 103 cm³/mol. The molecule has 0 saturated carbocycles. The molecule has 1 fully saturated rings. The second-order valence-corrected chi connectivity index (χ2v) is 5.18. The molecule has 0 atom stereocenters. The summed E-state index contributed by atoms with van der Waals surface area (Å²) < 4.78 is 9.62. The molecule has 1 aliphatic heterocycles. The topological polar surface area (TPSA) is 83.5 Å². The Kier molecular flexibility index (Phi) is 12.4. The maximum Gasteiger partial charge on any atom is 0.409 e. The van der Waals surface area contributed by atoms with E-state index in [1.54, 1.807) is 18.9 Å². The number of rotatable bonds is 6. The SMILES string of the molecule is CCOC(=O)N1CCN(C(=NC)NCCCCC(=O)OC)CC1.I. The van der Waals surface area contributed by atoms with E-state index in [1.807, 2.05) is 0 Å². The largest absolute Gasteiger partial charge is 0.469 e. The fourth-order valence-corrected chi connectivity index (χ4v) is 2.34. The monoisotopic (exact) mass is 456 g/mol. The van der Waals surface area contributed by atoms with Crippen LogP contribution in [-0.4, -0.2) is 81.3 Å². The third kappa shape index (κ3) is 8.02. The maximum absolute atomic E-state index is 11.7. The smallest absolute Gasteiger partial charge is 0.409 e. The Hall–Kier alpha value is -1.26. The van der Waals surface area contributed by atoms with E-state index < -0.39 is 0 Å². The number of hydrogen-bond acceptors (Lipinski definition) is 5. The molecule has 1 heterocycles. The molecule has 1 N–H and O–H groups in total. The van der Waals surface area contributed by atoms with E-state index in [0.717, 1.165) is 38.4 Å². The molecule has 0 radical (unpaired) electrons. The van der Waals surface area contributed by atoms with Crippen LogP contribution in [0.3, 0.4) is 0 Å². The van der Waals surface area contributed by atoms with E-state index in [2.05, 4.69) is 19.9 Å². The van der Waals surface area contributed by atoms with Gasteiger partial charge in [0.2, 0.25) is 0 Å². The van der Waals surface area contributed by atoms with Gasteiger partial charge < -0.3 is 24.6 Å². The van der Waals surface area contributed by atoms with Crippen LogP contribution >= 0.6 is 24.0 Å². The number of esters is 1. The number of methoxy groups -OCH3 is 1. The van der Waals surface area contributed by atoms with Crippen LogP contribution in [0.5, 0.6) is 0 Å². The average Bonchev–Trinajstić information content (AvgIpc) is 2.58. The third-order valence-corrected chi connectivity index (χ3v) is 3.64. The highest BCUT2D eigenvalue weighted by molar-refractivity contribution is 14.0. The first-order valence-corrected chi connectivity index (χ1v) is 8.06. The molecule has 0 aliphatic carbocycles. The summed E-state index contributed by atoms with van der Waals surface area (Å²) in [5.41, 5.74) is 0. The number of nitrogens with zero attached hydrogens (tertiary/aromatic N) is 3. The average molecular weight is 456 g/mol. The first-order chi connectivity index (χ1) is 11.1. The van der Waals surface area contributed by atoms with E-state index >= 15 is 0 Å². The molecule has 140 valence electrons. The van der Waals surface area contributed by atoms with Crippen molar-refractivity contribution in [2.75, 3.05) is 53.5 Å². The van der Waals surface area contributed by atoms with Crippen LogP contribution in [0.1, 0.15) is 26.2 Å². The normalized spacial score (nSPS) is 14.7. The van der Waals surface area contributed by atoms with Gasteiger partial charge in [-0.1, -0.05) is 0 Å². The molecule has 0 unspecified atom stereocenters. The molecule has 0 aromatic carbocycles. The van der Waals surface area contributed by atoms with E-state index in [9.17, 15) is 9.59 Å². The fourth-order valence-electron chi connectivity index (χ4n) is 2.34. The van der Waals surface area contributed by atoms with Crippen LogP contribution in [0.25, 0.3) is 0 Å². The number of ether oxygens (including phenoxy) is 2. The van der Waals surface area contributed by atoms with Gasteiger partial charge in [-0.05, 0) is 19.8 Å². The van der Waals surface area contributed by atoms with Crippen LogP contribution < -0.4 is 5.32 Å². The van der Waals surface area contributed by atoms with Gasteiger partial charge in [-0.15, -0.1) is 24.0 Å². The van der Waals surface area contributed by atoms with Crippen LogP contribution in [0.4, 0.5) is 4.79 Å². The number of amides is 1. The van der Waals surface area contributed by atoms with E-state index in [4.69, 9.17) is 4.74 Å². The molecular formula is C15H29IN4O4. The highest BCUT2D eigenvalue weighted by atomic mass is 127. The number of hydrogen-bond donors (Lipinski definition) is 1. The molecule has 8 nitrogen and oxygen atoms in total. The quantitative estimate of drug-likeness (QED) is 0.213. The Morgan fingerprint density at radius 2 is 1.75 bits per heavy atom. The Labute approximate surface area is 161 Å². The molecular weight excluding hydrogens is 427 g/mol. The Morgan fingerprint density at radius 3 is 2.29 bits per heavy atom. The molecule has 0 bridgehead atoms. The van der Waals surface area contributed by atoms with Crippen LogP contribution in [-0.2, 0) is 14.3 Å². The first-order valence-electron chi connectivity index (χ1n) is 8.06. The van der Waals surface area contributed by atoms with Gasteiger partial charge in [0.05, 0.1) is 13.7 Å². The van der Waals surface area contributed by atoms with Gasteiger partial charge in [0.25, 0.3) is 0 Å². The maximum atomic E-state index is 11.7. The summed E-state index contributed by atoms with van der Waals surface area (Å²) in [6.45, 7) is 5.65. The van der Waals surface area contributed by atoms with Gasteiger partial charge in [-0.3, -0.25) is 9.79 Å². The lowest BCUT2D eigenvalue weighted by atomic mass is 10.2. The summed E-state index contributed by atoms with van der Waals surface area (Å²) in [5.74, 6) is 0.649. The highest BCUT2D eigenvalue weighted by Crippen LogP contribution is 2.04. The summed E-state index contributed by atoms with van der Waals surface area (Å²) in [6, 6.07) is 0. The van der Waals surface area contributed by atoms with E-state index in [-0.39, 0.29) is 36.0 Å². The summed E-state index contributed by atoms with van der Waals surface area (Å²) in [7, 11) is 3.15. The first kappa shape index (κ1) is 22.7. The Morgan fingerprint density at radius 1 is 1.12 bits per heavy atom. The van der Waals surface area contributed by atoms with Crippen molar-refractivity contribution < 1.29 is 19.1 Å². The lowest BCUT2D eigenvalue weighted by Crippen LogP contribution is -2.54. The van der Waals surface area contributed by atoms with Crippen molar-refractivity contribution >= 4 is 42.0 Å². The van der Waals surface area contributed by atoms with Crippen molar-refractivity contribution in [2.24, 2.45) is 4.99 Å². The molecule has 24 heavy (non-hydrogen) atoms. The zero-order chi connectivity index (χ0) is 17.1. The molecule has 1 aliphatic rings. The van der Waals surface area contributed by atoms with E-state index in [1.165, 1.54) is 7.11 Å². The Bertz CT molecular complexity index is 412. The van der Waals surface area contributed by atoms with E-state index in [0.29, 0.717) is 26.1 Å². The lowest BCUT2D eigenvalue weighted by Gasteiger charge is -2.35. The third-order valence-electron chi connectivity index (χ3n) is 3.64. The van der Waals surface area contributed by atoms with Crippen LogP contribution in [0, 0.1) is 0 Å². The summed E-state index contributed by atoms with van der Waals surface area (Å²) in [6.07, 6.45) is 1.84. The van der Waals surface area contributed by atoms with Crippen molar-refractivity contribution in [1.29, 1.82) is 0 Å². The minimum absolute atomic E-state index is 0. The van der Waals surface area contributed by atoms with Crippen molar-refractivity contribution in [3.8, 4) is 0 Å². The van der Waals surface area contributed by atoms with Gasteiger partial charge in [0.1, 0.15) is 0 Å². The standard InChI is InChI=1S/C15H28N4O4.HI/c1-4-23-15(21)19-11-9-18(10-12-19)14(16-2)17-8-6-5-7-13(20)22-3;/h4-12H2,1-3H3,(H,16,17);1H. The second-order valence-electron chi connectivity index (χ2n) is 5.18. The number of aliphatic imine (C=N–C) groups is 1. The minimum atomic E-state index is -0.252. The zero-order valence-electron chi connectivity index (χ0n) is 14.7. The summed E-state index contributed by atoms with van der Waals surface area (Å²) >= 11 is 0. The number of piperazine rings is 1. The highest BCUT2D eigenvalue weighted by Gasteiger charge is 2.23. The van der Waals surface area contributed by atoms with Gasteiger partial charge >= 0.3 is 12.1 Å². The summed E-state index contributed by atoms with van der Waals surface area (Å²) in [5, 5.41) is 3.29. The second kappa shape index (κ2) is 13.1. The van der Waals surface area contributed by atoms with Crippen molar-refractivity contribution in [2.45, 2.75) is 26.2 Å². The number of nitrogens with one attached hydrogen (secondary N) is 1. The van der Waals surface area contributed by atoms with Crippen LogP contribution in [0.15, 0.2) is 4.99 Å². The van der Waals surface area contributed by atoms with Gasteiger partial charge in [0.15, 0.2) is 5.96 Å². The molecule has 0 spiro atoms. The number of guanidine groups is 1. The minimum Gasteiger partial charge on any atom is -0.469 e. The van der Waals surface area contributed by atoms with Gasteiger partial charge in [0, 0.05) is 46.2 Å². The summed E-state index contributed by atoms with van der Waals surface area (Å²) in [4.78, 5) is 30.8. The lowest BCUT2D eigenvalue weighted by molar-refractivity contribution is -0.140. The molecule has 0 aromatic rings. The number of unbranched alkanes of at least 4 members (excludes halogenated alkanes) is 1. The number of carbonyl (C=O) groups excluding carboxylic acids is 2. The molecule has 1 saturated heterocycles. The van der Waals surface area contributed by atoms with Crippen molar-refractivity contribution in [3.05, 3.63) is 0 Å². The number of carbonyl (C=O) groups is 2. The Balaban J connectivity index is 0.00000529. The van der Waals surface area contributed by atoms with Gasteiger partial charge in [-0.25, -0.2) is 4.79 Å². The van der Waals surface area contributed by atoms with Crippen molar-refractivity contribution in [1.82, 2.24) is 15.1 Å². The molecule has 0 aromatic heterocycles. The van der Waals surface area contributed by atoms with Crippen molar-refractivity contribution in [3.63, 3.8) is 0 Å². The van der Waals surface area contributed by atoms with Gasteiger partial charge in [-0.2, -0.15) is 0 Å². The molecule has 1 amide bonds. The number of halogens is 1. The van der Waals surface area contributed by atoms with Crippen LogP contribution in [0.2, 0.25) is 0 Å². The predicted octanol–water partition coefficient (Wildman–Crippen LogP) is 1.30. The zero-order valence-corrected chi connectivity index (χ0v) is 17.1. The molecule has 1 rings (SSSR count).